The fourth-order valence-corrected chi connectivity index (χ4v) is 12.8. The molecule has 6 aromatic rings. The molecule has 0 saturated carbocycles. The molecule has 2 saturated heterocycles. The maximum Gasteiger partial charge on any atom is 0.475 e. The largest absolute Gasteiger partial charge is 0.475 e. The van der Waals surface area contributed by atoms with E-state index in [9.17, 15) is 9.67 Å². The lowest BCUT2D eigenvalue weighted by Gasteiger charge is -2.46. The first kappa shape index (κ1) is 55.7. The van der Waals surface area contributed by atoms with Gasteiger partial charge in [-0.1, -0.05) is 223 Å². The van der Waals surface area contributed by atoms with Crippen LogP contribution in [0.3, 0.4) is 0 Å². The van der Waals surface area contributed by atoms with E-state index >= 15 is 0 Å². The lowest BCUT2D eigenvalue weighted by molar-refractivity contribution is -0.175. The van der Waals surface area contributed by atoms with Crippen molar-refractivity contribution < 1.29 is 42.2 Å². The second-order valence-corrected chi connectivity index (χ2v) is 23.2. The average Bonchev–Trinajstić information content (AvgIpc) is 3.42. The molecule has 384 valence electrons. The summed E-state index contributed by atoms with van der Waals surface area (Å²) in [5, 5.41) is 9.67. The third-order valence-electron chi connectivity index (χ3n) is 13.8. The number of hydrogen-bond acceptors (Lipinski definition) is 11. The highest BCUT2D eigenvalue weighted by atomic mass is 32.2. The Bertz CT molecular complexity index is 2420. The molecule has 0 amide bonds. The van der Waals surface area contributed by atoms with E-state index in [-0.39, 0.29) is 85.4 Å². The molecular formula is C60H73O9PS2. The summed E-state index contributed by atoms with van der Waals surface area (Å²) in [6.07, 6.45) is -0.255. The smallest absolute Gasteiger partial charge is 0.396 e. The van der Waals surface area contributed by atoms with Crippen LogP contribution >= 0.6 is 31.3 Å². The highest BCUT2D eigenvalue weighted by Gasteiger charge is 2.46. The number of aliphatic hydroxyl groups is 1. The van der Waals surface area contributed by atoms with Crippen LogP contribution in [0, 0.1) is 35.5 Å². The summed E-state index contributed by atoms with van der Waals surface area (Å²) >= 11 is 3.39. The monoisotopic (exact) mass is 1030 g/mol. The fraction of sp³-hybridized carbons (Fsp3) is 0.400. The van der Waals surface area contributed by atoms with E-state index in [0.29, 0.717) is 25.0 Å². The topological polar surface area (TPSA) is 102 Å². The van der Waals surface area contributed by atoms with Crippen molar-refractivity contribution in [2.24, 2.45) is 35.5 Å². The summed E-state index contributed by atoms with van der Waals surface area (Å²) in [6, 6.07) is 60.3. The maximum absolute atomic E-state index is 13.9. The van der Waals surface area contributed by atoms with Crippen LogP contribution in [-0.2, 0) is 63.5 Å². The molecule has 2 fully saturated rings. The molecule has 0 aliphatic carbocycles. The molecule has 2 heterocycles. The van der Waals surface area contributed by atoms with Gasteiger partial charge in [0.05, 0.1) is 57.5 Å². The molecule has 0 aromatic heterocycles. The summed E-state index contributed by atoms with van der Waals surface area (Å²) in [5.74, 6) is 1.03. The first-order chi connectivity index (χ1) is 35.0. The zero-order valence-corrected chi connectivity index (χ0v) is 45.0. The van der Waals surface area contributed by atoms with E-state index in [1.165, 1.54) is 10.5 Å². The van der Waals surface area contributed by atoms with E-state index in [4.69, 9.17) is 32.5 Å². The Morgan fingerprint density at radius 2 is 0.778 bits per heavy atom. The van der Waals surface area contributed by atoms with Crippen molar-refractivity contribution in [1.29, 1.82) is 0 Å². The Morgan fingerprint density at radius 1 is 0.458 bits per heavy atom. The molecule has 1 N–H and O–H groups in total. The number of ether oxygens (including phenoxy) is 4. The van der Waals surface area contributed by atoms with Gasteiger partial charge in [-0.05, 0) is 70.2 Å². The molecule has 0 spiro atoms. The summed E-state index contributed by atoms with van der Waals surface area (Å²) in [7, 11) is -3.90. The van der Waals surface area contributed by atoms with Gasteiger partial charge in [-0.15, -0.1) is 0 Å². The summed E-state index contributed by atoms with van der Waals surface area (Å²) in [5.41, 5.74) is 3.75. The second kappa shape index (κ2) is 28.6. The molecule has 2 aliphatic heterocycles. The highest BCUT2D eigenvalue weighted by molar-refractivity contribution is 8.00. The minimum absolute atomic E-state index is 0.00689. The van der Waals surface area contributed by atoms with Crippen molar-refractivity contribution >= 4 is 31.3 Å². The maximum atomic E-state index is 13.9. The SMILES string of the molecule is CC1[C@H](C)C([C@H](C)CO)O[C@H](Sc2ccccc2)[C@@H]1OCc1ccccc1.CC1[C@H](C)C([C@H](C)COP(=O)(OCc2ccccc2)OCc2ccccc2)O[C@H](Sc2ccccc2)[C@@H]1OCc1ccccc1. The third kappa shape index (κ3) is 16.5. The van der Waals surface area contributed by atoms with Crippen LogP contribution in [0.15, 0.2) is 192 Å². The molecule has 2 aliphatic rings. The van der Waals surface area contributed by atoms with Crippen molar-refractivity contribution in [3.05, 3.63) is 204 Å². The molecule has 12 atom stereocenters. The number of phosphoric ester groups is 1. The van der Waals surface area contributed by atoms with Crippen LogP contribution < -0.4 is 0 Å². The molecule has 0 bridgehead atoms. The molecule has 4 unspecified atom stereocenters. The van der Waals surface area contributed by atoms with Crippen LogP contribution in [-0.4, -0.2) is 53.6 Å². The highest BCUT2D eigenvalue weighted by Crippen LogP contribution is 2.52. The van der Waals surface area contributed by atoms with Gasteiger partial charge >= 0.3 is 7.82 Å². The average molecular weight is 1030 g/mol. The Labute approximate surface area is 437 Å². The van der Waals surface area contributed by atoms with Crippen molar-refractivity contribution in [2.45, 2.75) is 113 Å². The van der Waals surface area contributed by atoms with Crippen LogP contribution in [0.2, 0.25) is 0 Å². The van der Waals surface area contributed by atoms with Gasteiger partial charge in [-0.3, -0.25) is 13.6 Å². The number of thioether (sulfide) groups is 2. The van der Waals surface area contributed by atoms with Gasteiger partial charge in [0.15, 0.2) is 0 Å². The van der Waals surface area contributed by atoms with Gasteiger partial charge in [0.2, 0.25) is 0 Å². The minimum atomic E-state index is -3.90. The predicted molar refractivity (Wildman–Crippen MR) is 290 cm³/mol. The number of phosphoric acid groups is 1. The van der Waals surface area contributed by atoms with Gasteiger partial charge < -0.3 is 24.1 Å². The standard InChI is InChI=1S/C37H43O6PS.C23H30O3S/c1-28(24-40-44(38,41-26-32-18-10-5-11-19-32)42-27-33-20-12-6-13-21-33)35-29(2)30(3)36(39-25-31-16-8-4-9-17-31)37(43-35)45-34-22-14-7-15-23-34;1-16(14-24)21-17(2)18(3)22(25-15-19-10-6-4-7-11-19)23(26-21)27-20-12-8-5-9-13-20/h4-23,28-30,35-37H,24-27H2,1-3H3;4-13,16-18,21-24H,14-15H2,1-3H3/t28-,29+,30?,35?,36-,37-;16-,17+,18?,21?,22-,23-/m11/s1. The Morgan fingerprint density at radius 3 is 1.12 bits per heavy atom. The van der Waals surface area contributed by atoms with Crippen LogP contribution in [0.1, 0.15) is 63.8 Å². The number of rotatable bonds is 22. The first-order valence-electron chi connectivity index (χ1n) is 25.3. The number of benzene rings is 6. The number of hydrogen-bond donors (Lipinski definition) is 1. The van der Waals surface area contributed by atoms with Gasteiger partial charge in [-0.2, -0.15) is 0 Å². The molecule has 12 heteroatoms. The van der Waals surface area contributed by atoms with Crippen LogP contribution in [0.5, 0.6) is 0 Å². The molecule has 72 heavy (non-hydrogen) atoms. The Hall–Kier alpha value is -4.07. The van der Waals surface area contributed by atoms with Gasteiger partial charge in [0.1, 0.15) is 10.9 Å². The van der Waals surface area contributed by atoms with Gasteiger partial charge in [-0.25, -0.2) is 4.57 Å². The first-order valence-corrected chi connectivity index (χ1v) is 28.5. The number of aliphatic hydroxyl groups excluding tert-OH is 1. The lowest BCUT2D eigenvalue weighted by Crippen LogP contribution is -2.51. The Kier molecular flexibility index (Phi) is 22.1. The van der Waals surface area contributed by atoms with E-state index in [1.54, 1.807) is 23.5 Å². The predicted octanol–water partition coefficient (Wildman–Crippen LogP) is 14.5. The molecule has 0 radical (unpaired) electrons. The van der Waals surface area contributed by atoms with Crippen molar-refractivity contribution in [3.63, 3.8) is 0 Å². The second-order valence-electron chi connectivity index (χ2n) is 19.2. The van der Waals surface area contributed by atoms with Crippen LogP contribution in [0.4, 0.5) is 0 Å². The fourth-order valence-electron chi connectivity index (χ4n) is 9.13. The van der Waals surface area contributed by atoms with E-state index in [0.717, 1.165) is 21.6 Å². The third-order valence-corrected chi connectivity index (χ3v) is 17.4. The van der Waals surface area contributed by atoms with Crippen molar-refractivity contribution in [3.8, 4) is 0 Å². The lowest BCUT2D eigenvalue weighted by atomic mass is 9.79. The van der Waals surface area contributed by atoms with E-state index < -0.39 is 7.82 Å². The Balaban J connectivity index is 0.000000240. The minimum Gasteiger partial charge on any atom is -0.396 e. The summed E-state index contributed by atoms with van der Waals surface area (Å²) in [4.78, 5) is 2.29. The van der Waals surface area contributed by atoms with Crippen LogP contribution in [0.25, 0.3) is 0 Å². The normalized spacial score (nSPS) is 25.2. The van der Waals surface area contributed by atoms with Crippen molar-refractivity contribution in [1.82, 2.24) is 0 Å². The summed E-state index contributed by atoms with van der Waals surface area (Å²) < 4.78 is 58.0. The van der Waals surface area contributed by atoms with Gasteiger partial charge in [0.25, 0.3) is 0 Å². The van der Waals surface area contributed by atoms with E-state index in [1.807, 2.05) is 133 Å². The molecule has 8 rings (SSSR count). The summed E-state index contributed by atoms with van der Waals surface area (Å²) in [6.45, 7) is 14.6. The molecule has 9 nitrogen and oxygen atoms in total. The zero-order chi connectivity index (χ0) is 50.7. The van der Waals surface area contributed by atoms with Crippen molar-refractivity contribution in [2.75, 3.05) is 13.2 Å². The zero-order valence-electron chi connectivity index (χ0n) is 42.5. The van der Waals surface area contributed by atoms with Gasteiger partial charge in [0, 0.05) is 28.2 Å². The quantitative estimate of drug-likeness (QED) is 0.0658. The molecular weight excluding hydrogens is 960 g/mol. The van der Waals surface area contributed by atoms with E-state index in [2.05, 4.69) is 90.1 Å². The molecule has 6 aromatic carbocycles.